The Kier molecular flexibility index (Phi) is 5.92. The van der Waals surface area contributed by atoms with Crippen molar-refractivity contribution in [3.8, 4) is 0 Å². The Morgan fingerprint density at radius 2 is 1.73 bits per heavy atom. The van der Waals surface area contributed by atoms with E-state index < -0.39 is 0 Å². The van der Waals surface area contributed by atoms with E-state index >= 15 is 0 Å². The first-order chi connectivity index (χ1) is 12.6. The predicted octanol–water partition coefficient (Wildman–Crippen LogP) is 4.93. The van der Waals surface area contributed by atoms with Crippen LogP contribution < -0.4 is 5.32 Å². The van der Waals surface area contributed by atoms with E-state index in [4.69, 9.17) is 0 Å². The lowest BCUT2D eigenvalue weighted by molar-refractivity contribution is -0.112. The molecule has 0 fully saturated rings. The lowest BCUT2D eigenvalue weighted by Gasteiger charge is -2.08. The molecule has 26 heavy (non-hydrogen) atoms. The highest BCUT2D eigenvalue weighted by Crippen LogP contribution is 2.24. The third-order valence-corrected chi connectivity index (χ3v) is 4.94. The summed E-state index contributed by atoms with van der Waals surface area (Å²) in [4.78, 5) is 12.3. The second-order valence-electron chi connectivity index (χ2n) is 6.21. The average Bonchev–Trinajstić information content (AvgIpc) is 3.10. The van der Waals surface area contributed by atoms with Crippen LogP contribution in [-0.2, 0) is 11.2 Å². The van der Waals surface area contributed by atoms with E-state index in [9.17, 15) is 4.79 Å². The fourth-order valence-electron chi connectivity index (χ4n) is 2.61. The van der Waals surface area contributed by atoms with Gasteiger partial charge in [-0.2, -0.15) is 0 Å². The van der Waals surface area contributed by atoms with Gasteiger partial charge in [0.05, 0.1) is 0 Å². The van der Waals surface area contributed by atoms with Gasteiger partial charge in [-0.15, -0.1) is 10.2 Å². The molecule has 1 N–H and O–H groups in total. The van der Waals surface area contributed by atoms with E-state index in [1.807, 2.05) is 54.6 Å². The number of nitrogens with one attached hydrogen (secondary N) is 1. The van der Waals surface area contributed by atoms with E-state index in [1.165, 1.54) is 16.9 Å². The molecule has 0 aliphatic heterocycles. The van der Waals surface area contributed by atoms with Gasteiger partial charge in [0, 0.05) is 12.0 Å². The van der Waals surface area contributed by atoms with Crippen LogP contribution in [0.25, 0.3) is 6.08 Å². The molecule has 4 nitrogen and oxygen atoms in total. The predicted molar refractivity (Wildman–Crippen MR) is 107 cm³/mol. The third kappa shape index (κ3) is 4.86. The Bertz CT molecular complexity index is 888. The number of amides is 1. The molecule has 1 unspecified atom stereocenters. The van der Waals surface area contributed by atoms with Crippen molar-refractivity contribution >= 4 is 28.5 Å². The number of aromatic nitrogens is 2. The lowest BCUT2D eigenvalue weighted by atomic mass is 9.98. The standard InChI is InChI=1S/C21H21N3OS/c1-15(18-11-7-4-8-12-18)14-19-23-24-21(26-19)22-20(25)16(2)13-17-9-5-3-6-10-17/h3-13,15H,14H2,1-2H3,(H,22,24,25)/b16-13+. The summed E-state index contributed by atoms with van der Waals surface area (Å²) in [7, 11) is 0. The monoisotopic (exact) mass is 363 g/mol. The molecule has 0 bridgehead atoms. The molecule has 0 saturated heterocycles. The first kappa shape index (κ1) is 18.0. The van der Waals surface area contributed by atoms with Crippen molar-refractivity contribution in [3.05, 3.63) is 82.4 Å². The molecule has 1 atom stereocenters. The summed E-state index contributed by atoms with van der Waals surface area (Å²) >= 11 is 1.43. The van der Waals surface area contributed by atoms with E-state index in [1.54, 1.807) is 6.92 Å². The molecule has 2 aromatic carbocycles. The van der Waals surface area contributed by atoms with Gasteiger partial charge in [0.2, 0.25) is 5.13 Å². The van der Waals surface area contributed by atoms with Crippen molar-refractivity contribution < 1.29 is 4.79 Å². The summed E-state index contributed by atoms with van der Waals surface area (Å²) in [6, 6.07) is 20.1. The van der Waals surface area contributed by atoms with Crippen molar-refractivity contribution in [2.75, 3.05) is 5.32 Å². The number of carbonyl (C=O) groups excluding carboxylic acids is 1. The zero-order chi connectivity index (χ0) is 18.4. The zero-order valence-corrected chi connectivity index (χ0v) is 15.7. The minimum absolute atomic E-state index is 0.160. The average molecular weight is 363 g/mol. The van der Waals surface area contributed by atoms with Crippen LogP contribution in [0, 0.1) is 0 Å². The molecule has 5 heteroatoms. The van der Waals surface area contributed by atoms with Crippen molar-refractivity contribution in [1.29, 1.82) is 0 Å². The van der Waals surface area contributed by atoms with E-state index in [2.05, 4.69) is 34.6 Å². The Hall–Kier alpha value is -2.79. The number of carbonyl (C=O) groups is 1. The minimum atomic E-state index is -0.160. The fourth-order valence-corrected chi connectivity index (χ4v) is 3.47. The summed E-state index contributed by atoms with van der Waals surface area (Å²) in [6.07, 6.45) is 2.66. The quantitative estimate of drug-likeness (QED) is 0.632. The van der Waals surface area contributed by atoms with Gasteiger partial charge >= 0.3 is 0 Å². The van der Waals surface area contributed by atoms with Crippen LogP contribution in [0.4, 0.5) is 5.13 Å². The number of nitrogens with zero attached hydrogens (tertiary/aromatic N) is 2. The molecule has 1 aromatic heterocycles. The maximum atomic E-state index is 12.3. The molecule has 0 saturated carbocycles. The molecular weight excluding hydrogens is 342 g/mol. The van der Waals surface area contributed by atoms with Crippen molar-refractivity contribution in [1.82, 2.24) is 10.2 Å². The molecule has 1 amide bonds. The Morgan fingerprint density at radius 1 is 1.08 bits per heavy atom. The fraction of sp³-hybridized carbons (Fsp3) is 0.190. The molecule has 0 spiro atoms. The minimum Gasteiger partial charge on any atom is -0.297 e. The summed E-state index contributed by atoms with van der Waals surface area (Å²) in [5.41, 5.74) is 2.90. The van der Waals surface area contributed by atoms with E-state index in [0.717, 1.165) is 17.0 Å². The van der Waals surface area contributed by atoms with E-state index in [-0.39, 0.29) is 5.91 Å². The largest absolute Gasteiger partial charge is 0.297 e. The molecule has 0 aliphatic rings. The molecule has 0 aliphatic carbocycles. The highest BCUT2D eigenvalue weighted by atomic mass is 32.1. The first-order valence-electron chi connectivity index (χ1n) is 8.54. The Balaban J connectivity index is 1.61. The second-order valence-corrected chi connectivity index (χ2v) is 7.27. The van der Waals surface area contributed by atoms with Gasteiger partial charge in [-0.3, -0.25) is 10.1 Å². The van der Waals surface area contributed by atoms with Crippen LogP contribution in [0.1, 0.15) is 35.9 Å². The molecule has 3 rings (SSSR count). The summed E-state index contributed by atoms with van der Waals surface area (Å²) < 4.78 is 0. The van der Waals surface area contributed by atoms with Gasteiger partial charge in [0.25, 0.3) is 5.91 Å². The van der Waals surface area contributed by atoms with Crippen molar-refractivity contribution in [2.45, 2.75) is 26.2 Å². The summed E-state index contributed by atoms with van der Waals surface area (Å²) in [5, 5.41) is 12.6. The summed E-state index contributed by atoms with van der Waals surface area (Å²) in [5.74, 6) is 0.195. The normalized spacial score (nSPS) is 12.6. The van der Waals surface area contributed by atoms with Gasteiger partial charge in [-0.05, 0) is 30.0 Å². The van der Waals surface area contributed by atoms with Crippen LogP contribution in [-0.4, -0.2) is 16.1 Å². The number of anilines is 1. The van der Waals surface area contributed by atoms with Crippen molar-refractivity contribution in [3.63, 3.8) is 0 Å². The van der Waals surface area contributed by atoms with Gasteiger partial charge in [0.15, 0.2) is 0 Å². The number of rotatable bonds is 6. The van der Waals surface area contributed by atoms with Crippen LogP contribution in [0.15, 0.2) is 66.2 Å². The van der Waals surface area contributed by atoms with E-state index in [0.29, 0.717) is 16.6 Å². The van der Waals surface area contributed by atoms with Crippen molar-refractivity contribution in [2.24, 2.45) is 0 Å². The van der Waals surface area contributed by atoms with Crippen LogP contribution >= 0.6 is 11.3 Å². The van der Waals surface area contributed by atoms with Crippen LogP contribution in [0.2, 0.25) is 0 Å². The van der Waals surface area contributed by atoms with Crippen LogP contribution in [0.3, 0.4) is 0 Å². The maximum absolute atomic E-state index is 12.3. The topological polar surface area (TPSA) is 54.9 Å². The number of hydrogen-bond acceptors (Lipinski definition) is 4. The van der Waals surface area contributed by atoms with Gasteiger partial charge < -0.3 is 0 Å². The number of benzene rings is 2. The Morgan fingerprint density at radius 3 is 2.42 bits per heavy atom. The second kappa shape index (κ2) is 8.54. The smallest absolute Gasteiger partial charge is 0.253 e. The van der Waals surface area contributed by atoms with Gasteiger partial charge in [-0.1, -0.05) is 78.9 Å². The molecule has 3 aromatic rings. The molecule has 132 valence electrons. The summed E-state index contributed by atoms with van der Waals surface area (Å²) in [6.45, 7) is 3.96. The van der Waals surface area contributed by atoms with Crippen LogP contribution in [0.5, 0.6) is 0 Å². The maximum Gasteiger partial charge on any atom is 0.253 e. The Labute approximate surface area is 157 Å². The molecule has 0 radical (unpaired) electrons. The zero-order valence-electron chi connectivity index (χ0n) is 14.8. The highest BCUT2D eigenvalue weighted by molar-refractivity contribution is 7.15. The van der Waals surface area contributed by atoms with Gasteiger partial charge in [0.1, 0.15) is 5.01 Å². The van der Waals surface area contributed by atoms with Gasteiger partial charge in [-0.25, -0.2) is 0 Å². The first-order valence-corrected chi connectivity index (χ1v) is 9.35. The SMILES string of the molecule is C/C(=C\c1ccccc1)C(=O)Nc1nnc(CC(C)c2ccccc2)s1. The number of hydrogen-bond donors (Lipinski definition) is 1. The lowest BCUT2D eigenvalue weighted by Crippen LogP contribution is -2.12. The third-order valence-electron chi connectivity index (χ3n) is 4.08. The molecular formula is C21H21N3OS. The highest BCUT2D eigenvalue weighted by Gasteiger charge is 2.13. The molecule has 1 heterocycles.